The molecule has 1 N–H and O–H groups in total. The van der Waals surface area contributed by atoms with Gasteiger partial charge in [-0.3, -0.25) is 9.36 Å². The van der Waals surface area contributed by atoms with Crippen LogP contribution in [0.5, 0.6) is 5.75 Å². The van der Waals surface area contributed by atoms with Gasteiger partial charge in [0.1, 0.15) is 18.4 Å². The number of carboxylic acid groups (broad SMARTS) is 1. The lowest BCUT2D eigenvalue weighted by atomic mass is 9.99. The van der Waals surface area contributed by atoms with Crippen LogP contribution in [0.25, 0.3) is 6.08 Å². The number of carbonyl (C=O) groups excluding carboxylic acids is 1. The highest BCUT2D eigenvalue weighted by Gasteiger charge is 2.34. The van der Waals surface area contributed by atoms with Crippen LogP contribution < -0.4 is 19.6 Å². The first-order chi connectivity index (χ1) is 19.9. The first-order valence-corrected chi connectivity index (χ1v) is 14.9. The van der Waals surface area contributed by atoms with Crippen LogP contribution in [0.15, 0.2) is 87.1 Å². The van der Waals surface area contributed by atoms with Crippen LogP contribution in [0.3, 0.4) is 0 Å². The second-order valence-corrected chi connectivity index (χ2v) is 11.2. The fraction of sp³-hybridized carbons (Fsp3) is 0.226. The molecule has 0 saturated heterocycles. The Morgan fingerprint density at radius 3 is 2.54 bits per heavy atom. The van der Waals surface area contributed by atoms with Gasteiger partial charge in [0.05, 0.1) is 28.0 Å². The molecule has 2 aromatic carbocycles. The van der Waals surface area contributed by atoms with Crippen molar-refractivity contribution >= 4 is 40.7 Å². The maximum atomic E-state index is 13.9. The van der Waals surface area contributed by atoms with Gasteiger partial charge in [-0.2, -0.15) is 0 Å². The van der Waals surface area contributed by atoms with Gasteiger partial charge in [-0.15, -0.1) is 11.3 Å². The van der Waals surface area contributed by atoms with Gasteiger partial charge in [0, 0.05) is 10.4 Å². The van der Waals surface area contributed by atoms with E-state index in [4.69, 9.17) is 19.6 Å². The third-order valence-electron chi connectivity index (χ3n) is 6.51. The Kier molecular flexibility index (Phi) is 8.61. The molecule has 41 heavy (non-hydrogen) atoms. The van der Waals surface area contributed by atoms with E-state index in [0.29, 0.717) is 38.3 Å². The zero-order chi connectivity index (χ0) is 28.9. The number of nitrogens with zero attached hydrogens (tertiary/aromatic N) is 2. The predicted octanol–water partition coefficient (Wildman–Crippen LogP) is 4.92. The summed E-state index contributed by atoms with van der Waals surface area (Å²) in [6, 6.07) is 17.1. The standard InChI is InChI=1S/C31H28N2O6S2/c1-3-8-22-26(30(37)38-4-2)27(24-11-7-16-40-24)33-28(34)25(41-31(33)32-22)17-21-9-5-6-10-23(21)39-18-19-12-14-20(15-13-19)29(35)36/h5-7,9-17,27H,3-4,8,18H2,1-2H3,(H,35,36)/b25-17-/t27-/m0/s1. The van der Waals surface area contributed by atoms with E-state index in [1.54, 1.807) is 29.7 Å². The summed E-state index contributed by atoms with van der Waals surface area (Å²) in [6.07, 6.45) is 3.16. The van der Waals surface area contributed by atoms with Gasteiger partial charge in [0.15, 0.2) is 4.80 Å². The summed E-state index contributed by atoms with van der Waals surface area (Å²) >= 11 is 2.76. The number of aromatic carboxylic acids is 1. The molecule has 0 spiro atoms. The van der Waals surface area contributed by atoms with Crippen LogP contribution in [0.4, 0.5) is 0 Å². The lowest BCUT2D eigenvalue weighted by molar-refractivity contribution is -0.139. The van der Waals surface area contributed by atoms with Crippen molar-refractivity contribution in [3.8, 4) is 5.75 Å². The summed E-state index contributed by atoms with van der Waals surface area (Å²) in [7, 11) is 0. The average molecular weight is 589 g/mol. The van der Waals surface area contributed by atoms with Gasteiger partial charge < -0.3 is 14.6 Å². The second-order valence-electron chi connectivity index (χ2n) is 9.26. The number of ether oxygens (including phenoxy) is 2. The average Bonchev–Trinajstić information content (AvgIpc) is 3.61. The van der Waals surface area contributed by atoms with Crippen LogP contribution in [0.1, 0.15) is 59.1 Å². The van der Waals surface area contributed by atoms with Crippen molar-refractivity contribution in [2.75, 3.05) is 6.61 Å². The zero-order valence-electron chi connectivity index (χ0n) is 22.5. The zero-order valence-corrected chi connectivity index (χ0v) is 24.2. The number of esters is 1. The maximum absolute atomic E-state index is 13.9. The normalized spacial score (nSPS) is 14.9. The van der Waals surface area contributed by atoms with Gasteiger partial charge >= 0.3 is 11.9 Å². The summed E-state index contributed by atoms with van der Waals surface area (Å²) in [5.74, 6) is -0.862. The molecule has 210 valence electrons. The summed E-state index contributed by atoms with van der Waals surface area (Å²) in [6.45, 7) is 4.24. The summed E-state index contributed by atoms with van der Waals surface area (Å²) < 4.78 is 13.6. The molecule has 1 aliphatic rings. The van der Waals surface area contributed by atoms with Crippen molar-refractivity contribution in [1.29, 1.82) is 0 Å². The van der Waals surface area contributed by atoms with E-state index < -0.39 is 18.0 Å². The van der Waals surface area contributed by atoms with E-state index in [9.17, 15) is 14.4 Å². The Morgan fingerprint density at radius 1 is 1.07 bits per heavy atom. The van der Waals surface area contributed by atoms with Crippen molar-refractivity contribution < 1.29 is 24.2 Å². The summed E-state index contributed by atoms with van der Waals surface area (Å²) in [4.78, 5) is 44.4. The molecular weight excluding hydrogens is 560 g/mol. The number of thiazole rings is 1. The van der Waals surface area contributed by atoms with Crippen molar-refractivity contribution in [2.24, 2.45) is 4.99 Å². The Hall–Kier alpha value is -4.28. The number of hydrogen-bond donors (Lipinski definition) is 1. The molecule has 10 heteroatoms. The van der Waals surface area contributed by atoms with E-state index in [1.165, 1.54) is 34.8 Å². The van der Waals surface area contributed by atoms with E-state index in [0.717, 1.165) is 16.9 Å². The number of para-hydroxylation sites is 1. The molecule has 3 heterocycles. The molecule has 0 radical (unpaired) electrons. The van der Waals surface area contributed by atoms with Gasteiger partial charge in [-0.25, -0.2) is 14.6 Å². The molecular formula is C31H28N2O6S2. The number of carboxylic acids is 1. The molecule has 0 unspecified atom stereocenters. The van der Waals surface area contributed by atoms with E-state index in [-0.39, 0.29) is 24.3 Å². The van der Waals surface area contributed by atoms with E-state index in [1.807, 2.05) is 48.7 Å². The molecule has 1 atom stereocenters. The minimum Gasteiger partial charge on any atom is -0.488 e. The molecule has 0 saturated carbocycles. The quantitative estimate of drug-likeness (QED) is 0.264. The fourth-order valence-corrected chi connectivity index (χ4v) is 6.45. The van der Waals surface area contributed by atoms with Crippen molar-refractivity contribution in [2.45, 2.75) is 39.3 Å². The van der Waals surface area contributed by atoms with E-state index in [2.05, 4.69) is 0 Å². The number of thiophene rings is 1. The molecule has 0 amide bonds. The number of aromatic nitrogens is 1. The molecule has 1 aliphatic heterocycles. The van der Waals surface area contributed by atoms with Crippen molar-refractivity contribution in [3.63, 3.8) is 0 Å². The minimum atomic E-state index is -0.984. The van der Waals surface area contributed by atoms with Gasteiger partial charge in [0.25, 0.3) is 5.56 Å². The number of rotatable bonds is 10. The van der Waals surface area contributed by atoms with Crippen molar-refractivity contribution in [3.05, 3.63) is 119 Å². The maximum Gasteiger partial charge on any atom is 0.338 e. The Labute approximate surface area is 244 Å². The lowest BCUT2D eigenvalue weighted by Crippen LogP contribution is -2.39. The number of carbonyl (C=O) groups is 2. The first kappa shape index (κ1) is 28.3. The number of hydrogen-bond acceptors (Lipinski definition) is 8. The van der Waals surface area contributed by atoms with Crippen LogP contribution in [-0.2, 0) is 16.1 Å². The number of fused-ring (bicyclic) bond motifs is 1. The number of allylic oxidation sites excluding steroid dienone is 1. The monoisotopic (exact) mass is 588 g/mol. The fourth-order valence-electron chi connectivity index (χ4n) is 4.61. The Morgan fingerprint density at radius 2 is 1.85 bits per heavy atom. The first-order valence-electron chi connectivity index (χ1n) is 13.2. The molecule has 5 rings (SSSR count). The molecule has 4 aromatic rings. The molecule has 0 bridgehead atoms. The minimum absolute atomic E-state index is 0.207. The van der Waals surface area contributed by atoms with Gasteiger partial charge in [-0.05, 0) is 54.6 Å². The molecule has 8 nitrogen and oxygen atoms in total. The highest BCUT2D eigenvalue weighted by Crippen LogP contribution is 2.34. The SMILES string of the molecule is CCCC1=C(C(=O)OCC)[C@H](c2cccs2)n2c(s/c(=C\c3ccccc3OCc3ccc(C(=O)O)cc3)c2=O)=N1. The topological polar surface area (TPSA) is 107 Å². The third-order valence-corrected chi connectivity index (χ3v) is 8.41. The molecule has 0 aliphatic carbocycles. The van der Waals surface area contributed by atoms with Crippen LogP contribution in [-0.4, -0.2) is 28.2 Å². The highest BCUT2D eigenvalue weighted by molar-refractivity contribution is 7.10. The largest absolute Gasteiger partial charge is 0.488 e. The smallest absolute Gasteiger partial charge is 0.338 e. The molecule has 0 fully saturated rings. The van der Waals surface area contributed by atoms with Crippen LogP contribution >= 0.6 is 22.7 Å². The van der Waals surface area contributed by atoms with Crippen LogP contribution in [0.2, 0.25) is 0 Å². The van der Waals surface area contributed by atoms with E-state index >= 15 is 0 Å². The Balaban J connectivity index is 1.56. The Bertz CT molecular complexity index is 1780. The van der Waals surface area contributed by atoms with Crippen LogP contribution in [0, 0.1) is 0 Å². The third kappa shape index (κ3) is 5.94. The highest BCUT2D eigenvalue weighted by atomic mass is 32.1. The number of benzene rings is 2. The summed E-state index contributed by atoms with van der Waals surface area (Å²) in [5.41, 5.74) is 2.55. The van der Waals surface area contributed by atoms with Gasteiger partial charge in [-0.1, -0.05) is 61.1 Å². The van der Waals surface area contributed by atoms with Crippen molar-refractivity contribution in [1.82, 2.24) is 4.57 Å². The second kappa shape index (κ2) is 12.5. The van der Waals surface area contributed by atoms with Gasteiger partial charge in [0.2, 0.25) is 0 Å². The predicted molar refractivity (Wildman–Crippen MR) is 158 cm³/mol. The molecule has 2 aromatic heterocycles. The summed E-state index contributed by atoms with van der Waals surface area (Å²) in [5, 5.41) is 11.1. The lowest BCUT2D eigenvalue weighted by Gasteiger charge is -2.24.